The highest BCUT2D eigenvalue weighted by Gasteiger charge is 2.34. The van der Waals surface area contributed by atoms with Gasteiger partial charge < -0.3 is 15.0 Å². The fourth-order valence-corrected chi connectivity index (χ4v) is 6.50. The molecule has 3 heterocycles. The number of anilines is 1. The maximum absolute atomic E-state index is 13.2. The number of aryl methyl sites for hydroxylation is 4. The van der Waals surface area contributed by atoms with Gasteiger partial charge in [-0.05, 0) is 51.2 Å². The summed E-state index contributed by atoms with van der Waals surface area (Å²) in [5.74, 6) is -0.244. The summed E-state index contributed by atoms with van der Waals surface area (Å²) in [4.78, 5) is 25.3. The third-order valence-corrected chi connectivity index (χ3v) is 8.41. The number of esters is 1. The number of benzene rings is 1. The molecule has 1 aromatic carbocycles. The van der Waals surface area contributed by atoms with Crippen molar-refractivity contribution in [3.63, 3.8) is 0 Å². The number of nitrogens with two attached hydrogens (primary N) is 1. The van der Waals surface area contributed by atoms with Gasteiger partial charge in [0.2, 0.25) is 10.0 Å². The predicted molar refractivity (Wildman–Crippen MR) is 127 cm³/mol. The number of piperidine rings is 1. The van der Waals surface area contributed by atoms with Gasteiger partial charge in [0.1, 0.15) is 11.8 Å². The largest absolute Gasteiger partial charge is 0.465 e. The zero-order chi connectivity index (χ0) is 24.5. The van der Waals surface area contributed by atoms with E-state index in [0.29, 0.717) is 60.8 Å². The van der Waals surface area contributed by atoms with Gasteiger partial charge in [0.25, 0.3) is 0 Å². The van der Waals surface area contributed by atoms with E-state index in [4.69, 9.17) is 10.5 Å². The van der Waals surface area contributed by atoms with E-state index in [1.807, 2.05) is 37.5 Å². The maximum atomic E-state index is 13.2. The Morgan fingerprint density at radius 3 is 2.47 bits per heavy atom. The van der Waals surface area contributed by atoms with E-state index >= 15 is 0 Å². The molecule has 3 aromatic rings. The lowest BCUT2D eigenvalue weighted by Crippen LogP contribution is -2.41. The fraction of sp³-hybridized carbons (Fsp3) is 0.478. The minimum atomic E-state index is -3.60. The van der Waals surface area contributed by atoms with E-state index in [2.05, 4.69) is 15.0 Å². The van der Waals surface area contributed by atoms with Crippen LogP contribution in [-0.2, 0) is 26.1 Å². The molecule has 1 aliphatic heterocycles. The Labute approximate surface area is 199 Å². The zero-order valence-electron chi connectivity index (χ0n) is 19.7. The number of imidazole rings is 1. The minimum absolute atomic E-state index is 0.263. The third kappa shape index (κ3) is 4.76. The van der Waals surface area contributed by atoms with E-state index in [-0.39, 0.29) is 18.5 Å². The summed E-state index contributed by atoms with van der Waals surface area (Å²) < 4.78 is 35.3. The molecule has 10 nitrogen and oxygen atoms in total. The van der Waals surface area contributed by atoms with Crippen LogP contribution in [0.4, 0.5) is 5.82 Å². The van der Waals surface area contributed by atoms with Crippen LogP contribution in [0.3, 0.4) is 0 Å². The number of carbonyl (C=O) groups excluding carboxylic acids is 1. The molecule has 1 fully saturated rings. The molecule has 0 aliphatic carbocycles. The van der Waals surface area contributed by atoms with Gasteiger partial charge in [0, 0.05) is 19.6 Å². The number of nitrogens with zero attached hydrogens (tertiary/aromatic N) is 5. The zero-order valence-corrected chi connectivity index (χ0v) is 20.5. The normalized spacial score (nSPS) is 15.6. The van der Waals surface area contributed by atoms with Gasteiger partial charge in [0.15, 0.2) is 11.5 Å². The maximum Gasteiger partial charge on any atom is 0.309 e. The number of aromatic nitrogens is 4. The minimum Gasteiger partial charge on any atom is -0.465 e. The first kappa shape index (κ1) is 24.1. The fourth-order valence-electron chi connectivity index (χ4n) is 4.62. The molecular weight excluding hydrogens is 456 g/mol. The van der Waals surface area contributed by atoms with Crippen molar-refractivity contribution in [3.8, 4) is 0 Å². The molecular formula is C23H30N6O4S. The number of hydrogen-bond acceptors (Lipinski definition) is 8. The van der Waals surface area contributed by atoms with Crippen molar-refractivity contribution >= 4 is 33.0 Å². The van der Waals surface area contributed by atoms with Gasteiger partial charge in [-0.2, -0.15) is 4.31 Å². The number of rotatable bonds is 7. The van der Waals surface area contributed by atoms with Crippen LogP contribution < -0.4 is 5.73 Å². The van der Waals surface area contributed by atoms with Crippen molar-refractivity contribution in [2.45, 2.75) is 51.5 Å². The number of sulfonamides is 1. The number of carbonyl (C=O) groups is 1. The number of ether oxygens (including phenoxy) is 1. The first-order valence-electron chi connectivity index (χ1n) is 11.3. The van der Waals surface area contributed by atoms with Crippen molar-refractivity contribution in [3.05, 3.63) is 41.5 Å². The SMILES string of the molecule is Cc1cc(C)c(S(=O)(=O)N2CCC(C(=O)OCCCn3cnc4c(N)ncnc43)CC2)c(C)c1. The van der Waals surface area contributed by atoms with E-state index in [1.54, 1.807) is 6.33 Å². The van der Waals surface area contributed by atoms with Crippen LogP contribution in [0.15, 0.2) is 29.7 Å². The van der Waals surface area contributed by atoms with Crippen LogP contribution in [0, 0.1) is 26.7 Å². The summed E-state index contributed by atoms with van der Waals surface area (Å²) >= 11 is 0. The third-order valence-electron chi connectivity index (χ3n) is 6.21. The second-order valence-corrected chi connectivity index (χ2v) is 10.7. The summed E-state index contributed by atoms with van der Waals surface area (Å²) in [5.41, 5.74) is 9.53. The van der Waals surface area contributed by atoms with Gasteiger partial charge in [-0.25, -0.2) is 23.4 Å². The molecule has 0 atom stereocenters. The first-order chi connectivity index (χ1) is 16.2. The van der Waals surface area contributed by atoms with E-state index in [1.165, 1.54) is 10.6 Å². The standard InChI is InChI=1S/C23H30N6O4S/c1-15-11-16(2)20(17(3)12-15)34(31,32)29-8-5-18(6-9-29)23(30)33-10-4-7-28-14-27-19-21(24)25-13-26-22(19)28/h11-14,18H,4-10H2,1-3H3,(H2,24,25,26). The average Bonchev–Trinajstić information content (AvgIpc) is 3.20. The Morgan fingerprint density at radius 2 is 1.79 bits per heavy atom. The van der Waals surface area contributed by atoms with Gasteiger partial charge in [0.05, 0.1) is 23.7 Å². The summed E-state index contributed by atoms with van der Waals surface area (Å²) in [7, 11) is -3.60. The van der Waals surface area contributed by atoms with Gasteiger partial charge >= 0.3 is 5.97 Å². The van der Waals surface area contributed by atoms with Gasteiger partial charge in [-0.15, -0.1) is 0 Å². The summed E-state index contributed by atoms with van der Waals surface area (Å²) in [5, 5.41) is 0. The molecule has 0 spiro atoms. The molecule has 0 unspecified atom stereocenters. The second-order valence-electron chi connectivity index (χ2n) is 8.80. The van der Waals surface area contributed by atoms with Crippen LogP contribution in [0.2, 0.25) is 0 Å². The Hall–Kier alpha value is -3.05. The summed E-state index contributed by atoms with van der Waals surface area (Å²) in [6.07, 6.45) is 4.53. The molecule has 0 saturated carbocycles. The highest BCUT2D eigenvalue weighted by atomic mass is 32.2. The quantitative estimate of drug-likeness (QED) is 0.397. The second kappa shape index (κ2) is 9.67. The molecule has 1 aliphatic rings. The number of fused-ring (bicyclic) bond motifs is 1. The number of nitrogen functional groups attached to an aromatic ring is 1. The molecule has 0 bridgehead atoms. The Kier molecular flexibility index (Phi) is 6.85. The molecule has 0 radical (unpaired) electrons. The molecule has 4 rings (SSSR count). The molecule has 182 valence electrons. The van der Waals surface area contributed by atoms with E-state index in [9.17, 15) is 13.2 Å². The Bertz CT molecular complexity index is 1290. The summed E-state index contributed by atoms with van der Waals surface area (Å²) in [6, 6.07) is 3.77. The highest BCUT2D eigenvalue weighted by molar-refractivity contribution is 7.89. The predicted octanol–water partition coefficient (Wildman–Crippen LogP) is 2.37. The Morgan fingerprint density at radius 1 is 1.12 bits per heavy atom. The van der Waals surface area contributed by atoms with Gasteiger partial charge in [-0.1, -0.05) is 17.7 Å². The van der Waals surface area contributed by atoms with Crippen LogP contribution in [-0.4, -0.2) is 57.9 Å². The van der Waals surface area contributed by atoms with Gasteiger partial charge in [-0.3, -0.25) is 4.79 Å². The van der Waals surface area contributed by atoms with Crippen LogP contribution in [0.1, 0.15) is 36.0 Å². The Balaban J connectivity index is 1.28. The van der Waals surface area contributed by atoms with Crippen molar-refractivity contribution in [2.75, 3.05) is 25.4 Å². The lowest BCUT2D eigenvalue weighted by atomic mass is 9.98. The van der Waals surface area contributed by atoms with Crippen molar-refractivity contribution in [1.82, 2.24) is 23.8 Å². The van der Waals surface area contributed by atoms with Crippen LogP contribution >= 0.6 is 0 Å². The smallest absolute Gasteiger partial charge is 0.309 e. The van der Waals surface area contributed by atoms with Crippen molar-refractivity contribution < 1.29 is 17.9 Å². The number of hydrogen-bond donors (Lipinski definition) is 1. The molecule has 34 heavy (non-hydrogen) atoms. The topological polar surface area (TPSA) is 133 Å². The van der Waals surface area contributed by atoms with Crippen LogP contribution in [0.25, 0.3) is 11.2 Å². The lowest BCUT2D eigenvalue weighted by molar-refractivity contribution is -0.150. The van der Waals surface area contributed by atoms with E-state index in [0.717, 1.165) is 16.7 Å². The highest BCUT2D eigenvalue weighted by Crippen LogP contribution is 2.29. The average molecular weight is 487 g/mol. The molecule has 2 N–H and O–H groups in total. The monoisotopic (exact) mass is 486 g/mol. The van der Waals surface area contributed by atoms with Crippen LogP contribution in [0.5, 0.6) is 0 Å². The molecule has 2 aromatic heterocycles. The van der Waals surface area contributed by atoms with Crippen molar-refractivity contribution in [2.24, 2.45) is 5.92 Å². The first-order valence-corrected chi connectivity index (χ1v) is 12.8. The molecule has 0 amide bonds. The lowest BCUT2D eigenvalue weighted by Gasteiger charge is -2.31. The van der Waals surface area contributed by atoms with Crippen molar-refractivity contribution in [1.29, 1.82) is 0 Å². The molecule has 11 heteroatoms. The van der Waals surface area contributed by atoms with E-state index < -0.39 is 10.0 Å². The molecule has 1 saturated heterocycles. The summed E-state index contributed by atoms with van der Waals surface area (Å²) in [6.45, 7) is 7.05.